The van der Waals surface area contributed by atoms with E-state index in [9.17, 15) is 5.11 Å². The van der Waals surface area contributed by atoms with Crippen molar-refractivity contribution >= 4 is 17.0 Å². The van der Waals surface area contributed by atoms with Crippen LogP contribution < -0.4 is 5.32 Å². The molecule has 4 atom stereocenters. The van der Waals surface area contributed by atoms with Gasteiger partial charge in [-0.25, -0.2) is 15.0 Å². The van der Waals surface area contributed by atoms with Crippen LogP contribution in [-0.4, -0.2) is 43.9 Å². The van der Waals surface area contributed by atoms with Crippen molar-refractivity contribution in [3.8, 4) is 0 Å². The first-order chi connectivity index (χ1) is 10.1. The maximum atomic E-state index is 10.3. The van der Waals surface area contributed by atoms with Crippen molar-refractivity contribution in [2.75, 3.05) is 12.4 Å². The summed E-state index contributed by atoms with van der Waals surface area (Å²) in [6.07, 6.45) is 1.63. The molecule has 7 nitrogen and oxygen atoms in total. The van der Waals surface area contributed by atoms with Crippen LogP contribution in [0.3, 0.4) is 0 Å². The molecule has 0 amide bonds. The molecule has 1 saturated heterocycles. The van der Waals surface area contributed by atoms with Gasteiger partial charge in [0.25, 0.3) is 0 Å². The minimum atomic E-state index is -0.468. The second kappa shape index (κ2) is 5.23. The number of aliphatic hydroxyl groups excluding tert-OH is 1. The van der Waals surface area contributed by atoms with Crippen molar-refractivity contribution < 1.29 is 9.84 Å². The van der Waals surface area contributed by atoms with Gasteiger partial charge in [-0.2, -0.15) is 0 Å². The summed E-state index contributed by atoms with van der Waals surface area (Å²) < 4.78 is 7.89. The molecule has 7 heteroatoms. The van der Waals surface area contributed by atoms with Gasteiger partial charge in [-0.05, 0) is 13.3 Å². The van der Waals surface area contributed by atoms with Crippen LogP contribution in [0.5, 0.6) is 0 Å². The summed E-state index contributed by atoms with van der Waals surface area (Å²) >= 11 is 0. The first-order valence-electron chi connectivity index (χ1n) is 7.29. The Labute approximate surface area is 123 Å². The van der Waals surface area contributed by atoms with Gasteiger partial charge in [0.1, 0.15) is 12.1 Å². The Balaban J connectivity index is 2.07. The largest absolute Gasteiger partial charge is 0.390 e. The molecule has 0 aromatic carbocycles. The smallest absolute Gasteiger partial charge is 0.167 e. The van der Waals surface area contributed by atoms with Gasteiger partial charge in [0, 0.05) is 13.0 Å². The van der Waals surface area contributed by atoms with Gasteiger partial charge in [0.15, 0.2) is 17.0 Å². The first-order valence-corrected chi connectivity index (χ1v) is 7.29. The monoisotopic (exact) mass is 291 g/mol. The van der Waals surface area contributed by atoms with Crippen LogP contribution in [0.4, 0.5) is 5.82 Å². The summed E-state index contributed by atoms with van der Waals surface area (Å²) in [7, 11) is 1.81. The lowest BCUT2D eigenvalue weighted by molar-refractivity contribution is -0.0210. The fourth-order valence-corrected chi connectivity index (χ4v) is 2.93. The lowest BCUT2D eigenvalue weighted by atomic mass is 10.0. The molecule has 4 unspecified atom stereocenters. The quantitative estimate of drug-likeness (QED) is 0.891. The number of nitrogens with zero attached hydrogens (tertiary/aromatic N) is 4. The van der Waals surface area contributed by atoms with Crippen LogP contribution in [0.25, 0.3) is 11.2 Å². The van der Waals surface area contributed by atoms with E-state index >= 15 is 0 Å². The summed E-state index contributed by atoms with van der Waals surface area (Å²) in [6.45, 7) is 5.85. The zero-order valence-corrected chi connectivity index (χ0v) is 12.7. The number of hydrogen-bond acceptors (Lipinski definition) is 6. The highest BCUT2D eigenvalue weighted by molar-refractivity contribution is 5.82. The molecule has 2 N–H and O–H groups in total. The highest BCUT2D eigenvalue weighted by Crippen LogP contribution is 2.37. The lowest BCUT2D eigenvalue weighted by Crippen LogP contribution is -2.24. The summed E-state index contributed by atoms with van der Waals surface area (Å²) in [5, 5.41) is 13.3. The maximum Gasteiger partial charge on any atom is 0.167 e. The van der Waals surface area contributed by atoms with E-state index in [1.54, 1.807) is 6.33 Å². The molecule has 2 aromatic rings. The Morgan fingerprint density at radius 1 is 1.43 bits per heavy atom. The zero-order valence-electron chi connectivity index (χ0n) is 12.7. The third-order valence-electron chi connectivity index (χ3n) is 4.13. The minimum Gasteiger partial charge on any atom is -0.390 e. The van der Waals surface area contributed by atoms with Gasteiger partial charge < -0.3 is 15.2 Å². The van der Waals surface area contributed by atoms with E-state index in [0.29, 0.717) is 17.2 Å². The van der Waals surface area contributed by atoms with Crippen molar-refractivity contribution in [2.45, 2.75) is 45.6 Å². The molecule has 114 valence electrons. The number of anilines is 1. The summed E-state index contributed by atoms with van der Waals surface area (Å²) in [5.74, 6) is 1.36. The van der Waals surface area contributed by atoms with Gasteiger partial charge >= 0.3 is 0 Å². The second-order valence-corrected chi connectivity index (χ2v) is 5.52. The average Bonchev–Trinajstić information content (AvgIpc) is 3.01. The molecular formula is C14H21N5O2. The summed E-state index contributed by atoms with van der Waals surface area (Å²) in [6, 6.07) is 0. The molecule has 0 radical (unpaired) electrons. The Morgan fingerprint density at radius 3 is 2.81 bits per heavy atom. The van der Waals surface area contributed by atoms with E-state index in [-0.39, 0.29) is 18.2 Å². The van der Waals surface area contributed by atoms with Crippen molar-refractivity contribution in [1.82, 2.24) is 19.5 Å². The standard InChI is InChI=1S/C14H21N5O2/c1-5-9-11(20)7(2)14(21-9)19-6-16-10-12(15-4)17-8(3)18-13(10)19/h6-7,9,11,14,20H,5H2,1-4H3,(H,15,17,18). The maximum absolute atomic E-state index is 10.3. The van der Waals surface area contributed by atoms with Gasteiger partial charge in [-0.3, -0.25) is 4.57 Å². The molecule has 1 aliphatic rings. The van der Waals surface area contributed by atoms with Crippen molar-refractivity contribution in [3.63, 3.8) is 0 Å². The van der Waals surface area contributed by atoms with E-state index in [2.05, 4.69) is 20.3 Å². The van der Waals surface area contributed by atoms with Crippen LogP contribution in [0.2, 0.25) is 0 Å². The van der Waals surface area contributed by atoms with Crippen molar-refractivity contribution in [3.05, 3.63) is 12.2 Å². The number of rotatable bonds is 3. The molecule has 2 aromatic heterocycles. The molecular weight excluding hydrogens is 270 g/mol. The predicted molar refractivity (Wildman–Crippen MR) is 79.0 cm³/mol. The third kappa shape index (κ3) is 2.16. The topological polar surface area (TPSA) is 85.1 Å². The highest BCUT2D eigenvalue weighted by atomic mass is 16.5. The molecule has 0 bridgehead atoms. The van der Waals surface area contributed by atoms with Crippen molar-refractivity contribution in [2.24, 2.45) is 5.92 Å². The second-order valence-electron chi connectivity index (χ2n) is 5.52. The third-order valence-corrected chi connectivity index (χ3v) is 4.13. The fraction of sp³-hybridized carbons (Fsp3) is 0.643. The van der Waals surface area contributed by atoms with Gasteiger partial charge in [0.2, 0.25) is 0 Å². The average molecular weight is 291 g/mol. The molecule has 0 aliphatic carbocycles. The van der Waals surface area contributed by atoms with Crippen LogP contribution in [0.15, 0.2) is 6.33 Å². The highest BCUT2D eigenvalue weighted by Gasteiger charge is 2.41. The van der Waals surface area contributed by atoms with Crippen LogP contribution in [0.1, 0.15) is 32.3 Å². The van der Waals surface area contributed by atoms with Crippen LogP contribution in [0, 0.1) is 12.8 Å². The van der Waals surface area contributed by atoms with Crippen molar-refractivity contribution in [1.29, 1.82) is 0 Å². The molecule has 1 fully saturated rings. The van der Waals surface area contributed by atoms with E-state index in [0.717, 1.165) is 12.1 Å². The summed E-state index contributed by atoms with van der Waals surface area (Å²) in [5.41, 5.74) is 1.45. The fourth-order valence-electron chi connectivity index (χ4n) is 2.93. The number of aryl methyl sites for hydroxylation is 1. The van der Waals surface area contributed by atoms with Gasteiger partial charge in [0.05, 0.1) is 18.5 Å². The Morgan fingerprint density at radius 2 is 2.19 bits per heavy atom. The Bertz CT molecular complexity index is 656. The molecule has 0 saturated carbocycles. The first kappa shape index (κ1) is 14.2. The number of imidazole rings is 1. The van der Waals surface area contributed by atoms with Gasteiger partial charge in [-0.15, -0.1) is 0 Å². The molecule has 21 heavy (non-hydrogen) atoms. The van der Waals surface area contributed by atoms with E-state index < -0.39 is 6.10 Å². The Hall–Kier alpha value is -1.73. The molecule has 3 heterocycles. The predicted octanol–water partition coefficient (Wildman–Crippen LogP) is 1.48. The normalized spacial score (nSPS) is 29.2. The minimum absolute atomic E-state index is 0.0133. The SMILES string of the molecule is CCC1OC(n2cnc3c(NC)nc(C)nc32)C(C)C1O. The number of nitrogens with one attached hydrogen (secondary N) is 1. The molecule has 0 spiro atoms. The van der Waals surface area contributed by atoms with Crippen LogP contribution in [-0.2, 0) is 4.74 Å². The lowest BCUT2D eigenvalue weighted by Gasteiger charge is -2.17. The number of aromatic nitrogens is 4. The number of ether oxygens (including phenoxy) is 1. The Kier molecular flexibility index (Phi) is 3.54. The molecule has 3 rings (SSSR count). The number of hydrogen-bond donors (Lipinski definition) is 2. The van der Waals surface area contributed by atoms with E-state index in [1.807, 2.05) is 32.4 Å². The summed E-state index contributed by atoms with van der Waals surface area (Å²) in [4.78, 5) is 13.2. The van der Waals surface area contributed by atoms with Gasteiger partial charge in [-0.1, -0.05) is 13.8 Å². The zero-order chi connectivity index (χ0) is 15.1. The van der Waals surface area contributed by atoms with E-state index in [4.69, 9.17) is 4.74 Å². The van der Waals surface area contributed by atoms with E-state index in [1.165, 1.54) is 0 Å². The number of aliphatic hydroxyl groups is 1. The molecule has 1 aliphatic heterocycles. The number of fused-ring (bicyclic) bond motifs is 1. The van der Waals surface area contributed by atoms with Crippen LogP contribution >= 0.6 is 0 Å².